The molecule has 0 radical (unpaired) electrons. The molecule has 0 aliphatic carbocycles. The molecule has 0 aliphatic rings. The minimum absolute atomic E-state index is 0.0177. The molecule has 0 saturated heterocycles. The lowest BCUT2D eigenvalue weighted by atomic mass is 10.1. The minimum Gasteiger partial charge on any atom is -0.392 e. The van der Waals surface area contributed by atoms with Gasteiger partial charge in [0.05, 0.1) is 19.3 Å². The van der Waals surface area contributed by atoms with Crippen molar-refractivity contribution in [1.82, 2.24) is 4.98 Å². The molecule has 0 aliphatic heterocycles. The molecule has 0 fully saturated rings. The summed E-state index contributed by atoms with van der Waals surface area (Å²) in [6.45, 7) is 9.46. The van der Waals surface area contributed by atoms with Crippen LogP contribution in [-0.4, -0.2) is 36.4 Å². The Morgan fingerprint density at radius 1 is 1.39 bits per heavy atom. The molecule has 0 aromatic carbocycles. The molecule has 18 heavy (non-hydrogen) atoms. The van der Waals surface area contributed by atoms with E-state index in [1.807, 2.05) is 45.7 Å². The van der Waals surface area contributed by atoms with Gasteiger partial charge in [-0.25, -0.2) is 4.98 Å². The monoisotopic (exact) mass is 252 g/mol. The summed E-state index contributed by atoms with van der Waals surface area (Å²) in [4.78, 5) is 6.55. The highest BCUT2D eigenvalue weighted by atomic mass is 16.5. The third-order valence-electron chi connectivity index (χ3n) is 2.85. The van der Waals surface area contributed by atoms with Crippen LogP contribution in [0.4, 0.5) is 5.82 Å². The van der Waals surface area contributed by atoms with E-state index in [9.17, 15) is 5.11 Å². The Morgan fingerprint density at radius 2 is 2.06 bits per heavy atom. The van der Waals surface area contributed by atoms with Crippen molar-refractivity contribution in [3.8, 4) is 0 Å². The van der Waals surface area contributed by atoms with Gasteiger partial charge in [-0.15, -0.1) is 0 Å². The van der Waals surface area contributed by atoms with Crippen LogP contribution in [0.1, 0.15) is 30.7 Å². The van der Waals surface area contributed by atoms with E-state index in [2.05, 4.69) is 4.98 Å². The fraction of sp³-hybridized carbons (Fsp3) is 0.643. The van der Waals surface area contributed by atoms with Gasteiger partial charge in [0.15, 0.2) is 0 Å². The number of anilines is 1. The third kappa shape index (κ3) is 3.96. The number of aliphatic hydroxyl groups is 1. The van der Waals surface area contributed by atoms with Crippen LogP contribution in [0.2, 0.25) is 0 Å². The number of likely N-dealkylation sites (N-methyl/N-ethyl adjacent to an activating group) is 1. The van der Waals surface area contributed by atoms with Crippen LogP contribution < -0.4 is 4.90 Å². The molecule has 0 amide bonds. The zero-order chi connectivity index (χ0) is 13.7. The van der Waals surface area contributed by atoms with Gasteiger partial charge in [-0.3, -0.25) is 0 Å². The molecule has 4 nitrogen and oxygen atoms in total. The van der Waals surface area contributed by atoms with E-state index in [-0.39, 0.29) is 12.7 Å². The fourth-order valence-electron chi connectivity index (χ4n) is 1.89. The highest BCUT2D eigenvalue weighted by Crippen LogP contribution is 2.21. The highest BCUT2D eigenvalue weighted by molar-refractivity contribution is 5.50. The average molecular weight is 252 g/mol. The Balaban J connectivity index is 2.80. The van der Waals surface area contributed by atoms with Gasteiger partial charge in [0.2, 0.25) is 0 Å². The van der Waals surface area contributed by atoms with Crippen molar-refractivity contribution in [2.45, 2.75) is 40.4 Å². The van der Waals surface area contributed by atoms with E-state index in [1.165, 1.54) is 0 Å². The average Bonchev–Trinajstić information content (AvgIpc) is 2.27. The summed E-state index contributed by atoms with van der Waals surface area (Å²) >= 11 is 0. The molecular weight excluding hydrogens is 228 g/mol. The second kappa shape index (κ2) is 6.71. The van der Waals surface area contributed by atoms with Crippen molar-refractivity contribution in [2.24, 2.45) is 0 Å². The zero-order valence-electron chi connectivity index (χ0n) is 12.0. The van der Waals surface area contributed by atoms with Gasteiger partial charge in [0.1, 0.15) is 5.82 Å². The normalized spacial score (nSPS) is 11.1. The maximum atomic E-state index is 9.45. The SMILES string of the molecule is Cc1cc(C)c(CO)c(N(C)CCOC(C)C)n1. The van der Waals surface area contributed by atoms with Crippen LogP contribution in [0.15, 0.2) is 6.07 Å². The summed E-state index contributed by atoms with van der Waals surface area (Å²) in [5.41, 5.74) is 2.95. The summed E-state index contributed by atoms with van der Waals surface area (Å²) in [5, 5.41) is 9.45. The first-order valence-electron chi connectivity index (χ1n) is 6.36. The topological polar surface area (TPSA) is 45.6 Å². The van der Waals surface area contributed by atoms with E-state index >= 15 is 0 Å². The lowest BCUT2D eigenvalue weighted by Crippen LogP contribution is -2.26. The second-order valence-corrected chi connectivity index (χ2v) is 4.88. The zero-order valence-corrected chi connectivity index (χ0v) is 12.0. The van der Waals surface area contributed by atoms with E-state index in [1.54, 1.807) is 0 Å². The minimum atomic E-state index is 0.0177. The number of hydrogen-bond acceptors (Lipinski definition) is 4. The van der Waals surface area contributed by atoms with E-state index in [4.69, 9.17) is 4.74 Å². The maximum Gasteiger partial charge on any atom is 0.134 e. The van der Waals surface area contributed by atoms with Crippen LogP contribution in [-0.2, 0) is 11.3 Å². The molecule has 0 atom stereocenters. The molecule has 0 spiro atoms. The Bertz CT molecular complexity index is 392. The highest BCUT2D eigenvalue weighted by Gasteiger charge is 2.12. The number of aromatic nitrogens is 1. The summed E-state index contributed by atoms with van der Waals surface area (Å²) in [6.07, 6.45) is 0.239. The molecule has 1 N–H and O–H groups in total. The maximum absolute atomic E-state index is 9.45. The van der Waals surface area contributed by atoms with Crippen LogP contribution in [0, 0.1) is 13.8 Å². The molecule has 1 aromatic rings. The van der Waals surface area contributed by atoms with Gasteiger partial charge in [-0.1, -0.05) is 0 Å². The smallest absolute Gasteiger partial charge is 0.134 e. The van der Waals surface area contributed by atoms with E-state index in [0.717, 1.165) is 29.2 Å². The number of hydrogen-bond donors (Lipinski definition) is 1. The van der Waals surface area contributed by atoms with E-state index < -0.39 is 0 Å². The largest absolute Gasteiger partial charge is 0.392 e. The Hall–Kier alpha value is -1.13. The molecule has 0 bridgehead atoms. The van der Waals surface area contributed by atoms with Crippen molar-refractivity contribution in [1.29, 1.82) is 0 Å². The summed E-state index contributed by atoms with van der Waals surface area (Å²) in [7, 11) is 1.98. The molecule has 0 saturated carbocycles. The second-order valence-electron chi connectivity index (χ2n) is 4.88. The van der Waals surface area contributed by atoms with Gasteiger partial charge >= 0.3 is 0 Å². The Kier molecular flexibility index (Phi) is 5.56. The summed E-state index contributed by atoms with van der Waals surface area (Å²) < 4.78 is 5.54. The van der Waals surface area contributed by atoms with Crippen molar-refractivity contribution in [3.63, 3.8) is 0 Å². The molecular formula is C14H24N2O2. The number of rotatable bonds is 6. The lowest BCUT2D eigenvalue weighted by Gasteiger charge is -2.23. The lowest BCUT2D eigenvalue weighted by molar-refractivity contribution is 0.0845. The summed E-state index contributed by atoms with van der Waals surface area (Å²) in [6, 6.07) is 1.99. The number of ether oxygens (including phenoxy) is 1. The molecule has 0 unspecified atom stereocenters. The predicted octanol–water partition coefficient (Wildman–Crippen LogP) is 2.05. The molecule has 4 heteroatoms. The summed E-state index contributed by atoms with van der Waals surface area (Å²) in [5.74, 6) is 0.849. The fourth-order valence-corrected chi connectivity index (χ4v) is 1.89. The number of nitrogens with zero attached hydrogens (tertiary/aromatic N) is 2. The Labute approximate surface area is 110 Å². The first kappa shape index (κ1) is 14.9. The molecule has 1 rings (SSSR count). The van der Waals surface area contributed by atoms with Crippen LogP contribution in [0.3, 0.4) is 0 Å². The van der Waals surface area contributed by atoms with Gasteiger partial charge in [-0.05, 0) is 39.3 Å². The number of pyridine rings is 1. The first-order chi connectivity index (χ1) is 8.45. The van der Waals surface area contributed by atoms with E-state index in [0.29, 0.717) is 6.61 Å². The van der Waals surface area contributed by atoms with Crippen molar-refractivity contribution < 1.29 is 9.84 Å². The third-order valence-corrected chi connectivity index (χ3v) is 2.85. The van der Waals surface area contributed by atoms with Gasteiger partial charge in [0.25, 0.3) is 0 Å². The van der Waals surface area contributed by atoms with Crippen molar-refractivity contribution >= 4 is 5.82 Å². The van der Waals surface area contributed by atoms with Crippen LogP contribution in [0.5, 0.6) is 0 Å². The van der Waals surface area contributed by atoms with Crippen molar-refractivity contribution in [2.75, 3.05) is 25.1 Å². The predicted molar refractivity (Wildman–Crippen MR) is 74.0 cm³/mol. The van der Waals surface area contributed by atoms with Crippen molar-refractivity contribution in [3.05, 3.63) is 22.9 Å². The van der Waals surface area contributed by atoms with Gasteiger partial charge < -0.3 is 14.7 Å². The van der Waals surface area contributed by atoms with Gasteiger partial charge in [-0.2, -0.15) is 0 Å². The number of aryl methyl sites for hydroxylation is 2. The van der Waals surface area contributed by atoms with Crippen LogP contribution in [0.25, 0.3) is 0 Å². The van der Waals surface area contributed by atoms with Gasteiger partial charge in [0, 0.05) is 24.8 Å². The first-order valence-corrected chi connectivity index (χ1v) is 6.36. The molecule has 1 heterocycles. The molecule has 102 valence electrons. The quantitative estimate of drug-likeness (QED) is 0.841. The van der Waals surface area contributed by atoms with Crippen LogP contribution >= 0.6 is 0 Å². The molecule has 1 aromatic heterocycles. The Morgan fingerprint density at radius 3 is 2.61 bits per heavy atom. The number of aliphatic hydroxyl groups excluding tert-OH is 1. The standard InChI is InChI=1S/C14H24N2O2/c1-10(2)18-7-6-16(5)14-13(9-17)11(3)8-12(4)15-14/h8,10,17H,6-7,9H2,1-5H3.